The Hall–Kier alpha value is -2.39. The highest BCUT2D eigenvalue weighted by Crippen LogP contribution is 2.49. The third kappa shape index (κ3) is 3.00. The van der Waals surface area contributed by atoms with Crippen LogP contribution in [-0.2, 0) is 4.79 Å². The van der Waals surface area contributed by atoms with Crippen LogP contribution in [0.1, 0.15) is 36.9 Å². The maximum atomic E-state index is 11.8. The first kappa shape index (κ1) is 16.1. The van der Waals surface area contributed by atoms with Crippen LogP contribution < -0.4 is 4.74 Å². The van der Waals surface area contributed by atoms with Gasteiger partial charge < -0.3 is 4.74 Å². The van der Waals surface area contributed by atoms with Crippen molar-refractivity contribution in [3.8, 4) is 16.9 Å². The van der Waals surface area contributed by atoms with E-state index in [0.717, 1.165) is 46.1 Å². The van der Waals surface area contributed by atoms with E-state index in [4.69, 9.17) is 21.3 Å². The highest BCUT2D eigenvalue weighted by molar-refractivity contribution is 6.31. The number of aryl methyl sites for hydroxylation is 1. The van der Waals surface area contributed by atoms with Gasteiger partial charge in [-0.25, -0.2) is 4.98 Å². The first-order valence-electron chi connectivity index (χ1n) is 8.42. The van der Waals surface area contributed by atoms with Gasteiger partial charge in [0.15, 0.2) is 5.75 Å². The number of aromatic nitrogens is 1. The van der Waals surface area contributed by atoms with Gasteiger partial charge in [-0.05, 0) is 43.0 Å². The highest BCUT2D eigenvalue weighted by atomic mass is 35.5. The summed E-state index contributed by atoms with van der Waals surface area (Å²) in [5.74, 6) is 0.602. The second-order valence-corrected chi connectivity index (χ2v) is 6.99. The first-order chi connectivity index (χ1) is 12.0. The molecule has 1 saturated carbocycles. The zero-order valence-corrected chi connectivity index (χ0v) is 14.9. The standard InChI is InChI=1S/C21H18ClNO2/c1-12-10-16(22)11-17-18(14-6-4-3-5-7-14)21(25-13(2)24)20(15-8-9-15)23-19(12)17/h3-7,10-11,15H,8-9H2,1-2H3. The molecule has 2 aromatic carbocycles. The molecule has 4 rings (SSSR count). The lowest BCUT2D eigenvalue weighted by molar-refractivity contribution is -0.131. The molecule has 0 N–H and O–H groups in total. The fourth-order valence-corrected chi connectivity index (χ4v) is 3.54. The Bertz CT molecular complexity index is 978. The van der Waals surface area contributed by atoms with E-state index < -0.39 is 0 Å². The smallest absolute Gasteiger partial charge is 0.308 e. The van der Waals surface area contributed by atoms with Gasteiger partial charge in [-0.15, -0.1) is 0 Å². The molecule has 0 radical (unpaired) electrons. The summed E-state index contributed by atoms with van der Waals surface area (Å²) in [6.45, 7) is 3.44. The number of esters is 1. The Labute approximate surface area is 151 Å². The second kappa shape index (κ2) is 6.16. The van der Waals surface area contributed by atoms with Crippen LogP contribution >= 0.6 is 11.6 Å². The summed E-state index contributed by atoms with van der Waals surface area (Å²) in [5, 5.41) is 1.56. The number of ether oxygens (including phenoxy) is 1. The molecule has 1 aliphatic rings. The molecule has 1 heterocycles. The number of pyridine rings is 1. The number of hydrogen-bond acceptors (Lipinski definition) is 3. The average molecular weight is 352 g/mol. The molecule has 3 aromatic rings. The molecular formula is C21H18ClNO2. The molecule has 0 amide bonds. The number of fused-ring (bicyclic) bond motifs is 1. The van der Waals surface area contributed by atoms with Crippen LogP contribution in [0.5, 0.6) is 5.75 Å². The minimum Gasteiger partial charge on any atom is -0.424 e. The van der Waals surface area contributed by atoms with Crippen LogP contribution in [0.15, 0.2) is 42.5 Å². The van der Waals surface area contributed by atoms with E-state index in [-0.39, 0.29) is 5.97 Å². The molecule has 1 aliphatic carbocycles. The summed E-state index contributed by atoms with van der Waals surface area (Å²) in [6, 6.07) is 13.8. The maximum absolute atomic E-state index is 11.8. The van der Waals surface area contributed by atoms with E-state index in [1.165, 1.54) is 6.92 Å². The fraction of sp³-hybridized carbons (Fsp3) is 0.238. The Balaban J connectivity index is 2.14. The van der Waals surface area contributed by atoms with Crippen molar-refractivity contribution in [3.05, 3.63) is 58.7 Å². The lowest BCUT2D eigenvalue weighted by Crippen LogP contribution is -2.07. The normalized spacial score (nSPS) is 13.9. The number of nitrogens with zero attached hydrogens (tertiary/aromatic N) is 1. The van der Waals surface area contributed by atoms with Gasteiger partial charge in [-0.3, -0.25) is 4.79 Å². The highest BCUT2D eigenvalue weighted by Gasteiger charge is 2.32. The number of carbonyl (C=O) groups excluding carboxylic acids is 1. The summed E-state index contributed by atoms with van der Waals surface area (Å²) < 4.78 is 5.68. The van der Waals surface area contributed by atoms with Gasteiger partial charge in [0.25, 0.3) is 0 Å². The van der Waals surface area contributed by atoms with Crippen LogP contribution in [0.4, 0.5) is 0 Å². The molecule has 1 aromatic heterocycles. The lowest BCUT2D eigenvalue weighted by Gasteiger charge is -2.17. The summed E-state index contributed by atoms with van der Waals surface area (Å²) in [7, 11) is 0. The third-order valence-electron chi connectivity index (χ3n) is 4.50. The first-order valence-corrected chi connectivity index (χ1v) is 8.80. The number of rotatable bonds is 3. The maximum Gasteiger partial charge on any atom is 0.308 e. The Morgan fingerprint density at radius 3 is 2.56 bits per heavy atom. The van der Waals surface area contributed by atoms with Gasteiger partial charge in [0.05, 0.1) is 11.2 Å². The third-order valence-corrected chi connectivity index (χ3v) is 4.72. The quantitative estimate of drug-likeness (QED) is 0.571. The van der Waals surface area contributed by atoms with Crippen molar-refractivity contribution in [2.24, 2.45) is 0 Å². The summed E-state index contributed by atoms with van der Waals surface area (Å²) >= 11 is 6.32. The van der Waals surface area contributed by atoms with E-state index in [9.17, 15) is 4.79 Å². The second-order valence-electron chi connectivity index (χ2n) is 6.55. The van der Waals surface area contributed by atoms with Crippen LogP contribution in [0, 0.1) is 6.92 Å². The van der Waals surface area contributed by atoms with E-state index >= 15 is 0 Å². The van der Waals surface area contributed by atoms with Crippen LogP contribution in [0.3, 0.4) is 0 Å². The van der Waals surface area contributed by atoms with Gasteiger partial charge in [-0.2, -0.15) is 0 Å². The molecule has 1 fully saturated rings. The van der Waals surface area contributed by atoms with Crippen molar-refractivity contribution in [2.45, 2.75) is 32.6 Å². The minimum absolute atomic E-state index is 0.334. The van der Waals surface area contributed by atoms with E-state index in [2.05, 4.69) is 0 Å². The predicted octanol–water partition coefficient (Wildman–Crippen LogP) is 5.67. The van der Waals surface area contributed by atoms with Gasteiger partial charge >= 0.3 is 5.97 Å². The molecule has 3 nitrogen and oxygen atoms in total. The van der Waals surface area contributed by atoms with E-state index in [1.807, 2.05) is 49.4 Å². The average Bonchev–Trinajstić information content (AvgIpc) is 3.39. The Morgan fingerprint density at radius 1 is 1.20 bits per heavy atom. The summed E-state index contributed by atoms with van der Waals surface area (Å²) in [5.41, 5.74) is 4.71. The predicted molar refractivity (Wildman–Crippen MR) is 100 cm³/mol. The molecular weight excluding hydrogens is 334 g/mol. The number of benzene rings is 2. The molecule has 4 heteroatoms. The van der Waals surface area contributed by atoms with Gasteiger partial charge in [-0.1, -0.05) is 41.9 Å². The van der Waals surface area contributed by atoms with Crippen molar-refractivity contribution in [1.29, 1.82) is 0 Å². The van der Waals surface area contributed by atoms with Crippen molar-refractivity contribution >= 4 is 28.5 Å². The van der Waals surface area contributed by atoms with E-state index in [0.29, 0.717) is 16.7 Å². The zero-order valence-electron chi connectivity index (χ0n) is 14.2. The van der Waals surface area contributed by atoms with Crippen LogP contribution in [0.25, 0.3) is 22.0 Å². The Kier molecular flexibility index (Phi) is 3.97. The van der Waals surface area contributed by atoms with Crippen LogP contribution in [0.2, 0.25) is 5.02 Å². The van der Waals surface area contributed by atoms with Crippen molar-refractivity contribution in [3.63, 3.8) is 0 Å². The number of carbonyl (C=O) groups is 1. The number of halogens is 1. The van der Waals surface area contributed by atoms with Crippen molar-refractivity contribution in [1.82, 2.24) is 4.98 Å². The monoisotopic (exact) mass is 351 g/mol. The molecule has 0 bridgehead atoms. The Morgan fingerprint density at radius 2 is 1.92 bits per heavy atom. The van der Waals surface area contributed by atoms with Crippen molar-refractivity contribution < 1.29 is 9.53 Å². The van der Waals surface area contributed by atoms with Crippen LogP contribution in [-0.4, -0.2) is 11.0 Å². The fourth-order valence-electron chi connectivity index (χ4n) is 3.27. The van der Waals surface area contributed by atoms with E-state index in [1.54, 1.807) is 0 Å². The zero-order chi connectivity index (χ0) is 17.6. The van der Waals surface area contributed by atoms with Gasteiger partial charge in [0.1, 0.15) is 0 Å². The molecule has 25 heavy (non-hydrogen) atoms. The SMILES string of the molecule is CC(=O)Oc1c(C2CC2)nc2c(C)cc(Cl)cc2c1-c1ccccc1. The lowest BCUT2D eigenvalue weighted by atomic mass is 9.96. The molecule has 0 unspecified atom stereocenters. The van der Waals surface area contributed by atoms with Gasteiger partial charge in [0, 0.05) is 28.8 Å². The van der Waals surface area contributed by atoms with Crippen molar-refractivity contribution in [2.75, 3.05) is 0 Å². The number of hydrogen-bond donors (Lipinski definition) is 0. The topological polar surface area (TPSA) is 39.2 Å². The summed E-state index contributed by atoms with van der Waals surface area (Å²) in [6.07, 6.45) is 2.15. The molecule has 0 aliphatic heterocycles. The minimum atomic E-state index is -0.334. The summed E-state index contributed by atoms with van der Waals surface area (Å²) in [4.78, 5) is 16.7. The molecule has 0 spiro atoms. The molecule has 0 atom stereocenters. The molecule has 0 saturated heterocycles. The van der Waals surface area contributed by atoms with Gasteiger partial charge in [0.2, 0.25) is 0 Å². The largest absolute Gasteiger partial charge is 0.424 e. The molecule has 126 valence electrons.